The highest BCUT2D eigenvalue weighted by Crippen LogP contribution is 2.55. The van der Waals surface area contributed by atoms with Crippen molar-refractivity contribution in [3.63, 3.8) is 0 Å². The molecular weight excluding hydrogens is 637 g/mol. The SMILES string of the molecule is C[C@H](Cc1cccc(CC(=O)NC23CC4CC(CC(C4)C2)C3)c1)NC[C@@H](O[Si](C)(C)C(C)(C)C)c1ccc(OCc2ccccc2)c(CO)c1. The molecule has 4 bridgehead atoms. The summed E-state index contributed by atoms with van der Waals surface area (Å²) in [5, 5.41) is 17.7. The van der Waals surface area contributed by atoms with Crippen molar-refractivity contribution in [3.8, 4) is 5.75 Å². The van der Waals surface area contributed by atoms with Crippen LogP contribution in [0.25, 0.3) is 0 Å². The molecule has 0 heterocycles. The van der Waals surface area contributed by atoms with Crippen LogP contribution in [0.4, 0.5) is 0 Å². The molecule has 0 aromatic heterocycles. The van der Waals surface area contributed by atoms with Gasteiger partial charge in [-0.1, -0.05) is 81.4 Å². The van der Waals surface area contributed by atoms with Gasteiger partial charge in [0.2, 0.25) is 5.91 Å². The van der Waals surface area contributed by atoms with E-state index in [0.717, 1.165) is 46.4 Å². The first-order valence-electron chi connectivity index (χ1n) is 19.0. The minimum Gasteiger partial charge on any atom is -0.489 e. The van der Waals surface area contributed by atoms with Gasteiger partial charge < -0.3 is 24.9 Å². The Labute approximate surface area is 301 Å². The van der Waals surface area contributed by atoms with Crippen molar-refractivity contribution in [1.29, 1.82) is 0 Å². The lowest BCUT2D eigenvalue weighted by Gasteiger charge is -2.56. The smallest absolute Gasteiger partial charge is 0.224 e. The van der Waals surface area contributed by atoms with Crippen molar-refractivity contribution in [2.75, 3.05) is 6.54 Å². The Morgan fingerprint density at radius 3 is 2.18 bits per heavy atom. The summed E-state index contributed by atoms with van der Waals surface area (Å²) in [4.78, 5) is 13.3. The molecule has 4 aliphatic carbocycles. The van der Waals surface area contributed by atoms with Crippen LogP contribution in [0, 0.1) is 17.8 Å². The number of ether oxygens (including phenoxy) is 1. The summed E-state index contributed by atoms with van der Waals surface area (Å²) in [6.45, 7) is 14.6. The number of rotatable bonds is 15. The maximum Gasteiger partial charge on any atom is 0.224 e. The van der Waals surface area contributed by atoms with Gasteiger partial charge >= 0.3 is 0 Å². The van der Waals surface area contributed by atoms with E-state index < -0.39 is 8.32 Å². The van der Waals surface area contributed by atoms with Crippen molar-refractivity contribution in [1.82, 2.24) is 10.6 Å². The summed E-state index contributed by atoms with van der Waals surface area (Å²) in [5.41, 5.74) is 5.26. The minimum atomic E-state index is -2.12. The van der Waals surface area contributed by atoms with E-state index in [4.69, 9.17) is 9.16 Å². The number of hydrogen-bond donors (Lipinski definition) is 3. The largest absolute Gasteiger partial charge is 0.489 e. The van der Waals surface area contributed by atoms with Gasteiger partial charge in [0.05, 0.1) is 19.1 Å². The van der Waals surface area contributed by atoms with Gasteiger partial charge in [-0.05, 0) is 122 Å². The fourth-order valence-electron chi connectivity index (χ4n) is 8.95. The molecule has 2 atom stereocenters. The molecule has 3 aromatic carbocycles. The van der Waals surface area contributed by atoms with E-state index in [1.807, 2.05) is 42.5 Å². The van der Waals surface area contributed by atoms with Gasteiger partial charge in [-0.3, -0.25) is 4.79 Å². The highest BCUT2D eigenvalue weighted by Gasteiger charge is 2.51. The minimum absolute atomic E-state index is 0.0534. The van der Waals surface area contributed by atoms with Gasteiger partial charge in [-0.2, -0.15) is 0 Å². The van der Waals surface area contributed by atoms with Crippen LogP contribution in [0.1, 0.15) is 100 Å². The fourth-order valence-corrected chi connectivity index (χ4v) is 10.2. The first-order chi connectivity index (χ1) is 23.8. The predicted molar refractivity (Wildman–Crippen MR) is 205 cm³/mol. The van der Waals surface area contributed by atoms with E-state index in [2.05, 4.69) is 81.8 Å². The van der Waals surface area contributed by atoms with E-state index in [0.29, 0.717) is 25.3 Å². The first kappa shape index (κ1) is 36.8. The summed E-state index contributed by atoms with van der Waals surface area (Å²) in [7, 11) is -2.12. The molecule has 50 heavy (non-hydrogen) atoms. The lowest BCUT2D eigenvalue weighted by atomic mass is 9.53. The molecular formula is C43H60N2O4Si. The second kappa shape index (κ2) is 15.3. The molecule has 0 unspecified atom stereocenters. The van der Waals surface area contributed by atoms with E-state index in [1.165, 1.54) is 44.1 Å². The monoisotopic (exact) mass is 696 g/mol. The number of aliphatic hydroxyl groups is 1. The molecule has 4 saturated carbocycles. The van der Waals surface area contributed by atoms with Crippen LogP contribution in [-0.2, 0) is 35.3 Å². The quantitative estimate of drug-likeness (QED) is 0.139. The van der Waals surface area contributed by atoms with Gasteiger partial charge in [0, 0.05) is 23.7 Å². The van der Waals surface area contributed by atoms with Gasteiger partial charge in [-0.25, -0.2) is 0 Å². The highest BCUT2D eigenvalue weighted by atomic mass is 28.4. The van der Waals surface area contributed by atoms with E-state index in [-0.39, 0.29) is 35.2 Å². The van der Waals surface area contributed by atoms with Crippen molar-refractivity contribution in [3.05, 3.63) is 101 Å². The Balaban J connectivity index is 1.08. The van der Waals surface area contributed by atoms with Crippen LogP contribution < -0.4 is 15.4 Å². The Morgan fingerprint density at radius 1 is 0.900 bits per heavy atom. The van der Waals surface area contributed by atoms with Crippen LogP contribution >= 0.6 is 0 Å². The average molecular weight is 697 g/mol. The zero-order valence-corrected chi connectivity index (χ0v) is 32.3. The molecule has 4 fully saturated rings. The van der Waals surface area contributed by atoms with Crippen molar-refractivity contribution >= 4 is 14.2 Å². The molecule has 3 N–H and O–H groups in total. The summed E-state index contributed by atoms with van der Waals surface area (Å²) in [5.74, 6) is 3.33. The van der Waals surface area contributed by atoms with E-state index >= 15 is 0 Å². The van der Waals surface area contributed by atoms with Crippen LogP contribution in [0.15, 0.2) is 72.8 Å². The lowest BCUT2D eigenvalue weighted by molar-refractivity contribution is -0.126. The fraction of sp³-hybridized carbons (Fsp3) is 0.558. The number of hydrogen-bond acceptors (Lipinski definition) is 5. The number of aliphatic hydroxyl groups excluding tert-OH is 1. The summed E-state index contributed by atoms with van der Waals surface area (Å²) < 4.78 is 13.2. The predicted octanol–water partition coefficient (Wildman–Crippen LogP) is 8.67. The number of benzene rings is 3. The van der Waals surface area contributed by atoms with Gasteiger partial charge in [-0.15, -0.1) is 0 Å². The number of carbonyl (C=O) groups excluding carboxylic acids is 1. The van der Waals surface area contributed by atoms with Gasteiger partial charge in [0.25, 0.3) is 0 Å². The molecule has 270 valence electrons. The maximum atomic E-state index is 13.3. The van der Waals surface area contributed by atoms with Crippen molar-refractivity contribution in [2.24, 2.45) is 17.8 Å². The zero-order valence-electron chi connectivity index (χ0n) is 31.3. The Bertz CT molecular complexity index is 1560. The van der Waals surface area contributed by atoms with Crippen LogP contribution in [0.3, 0.4) is 0 Å². The third-order valence-electron chi connectivity index (χ3n) is 12.1. The van der Waals surface area contributed by atoms with E-state index in [9.17, 15) is 9.90 Å². The molecule has 0 spiro atoms. The third kappa shape index (κ3) is 9.08. The van der Waals surface area contributed by atoms with Crippen LogP contribution in [0.5, 0.6) is 5.75 Å². The Hall–Kier alpha value is -2.97. The van der Waals surface area contributed by atoms with Gasteiger partial charge in [0.1, 0.15) is 12.4 Å². The summed E-state index contributed by atoms with van der Waals surface area (Å²) in [6.07, 6.45) is 8.81. The standard InChI is InChI=1S/C43H60N2O4Si/c1-30(17-32-13-10-14-33(18-32)22-41(47)45-43-24-34-19-35(25-43)21-36(20-34)26-43)44-27-40(49-50(5,6)42(2,3)4)37-15-16-39(38(23-37)28-46)48-29-31-11-8-7-9-12-31/h7-16,18,23,30,34-36,40,44,46H,17,19-22,24-29H2,1-6H3,(H,45,47)/t30-,34?,35?,36?,40-,43?/m1/s1. The molecule has 3 aromatic rings. The molecule has 7 rings (SSSR count). The van der Waals surface area contributed by atoms with E-state index in [1.54, 1.807) is 0 Å². The zero-order chi connectivity index (χ0) is 35.5. The molecule has 4 aliphatic rings. The molecule has 7 heteroatoms. The third-order valence-corrected chi connectivity index (χ3v) is 16.6. The van der Waals surface area contributed by atoms with Crippen LogP contribution in [0.2, 0.25) is 18.1 Å². The summed E-state index contributed by atoms with van der Waals surface area (Å²) >= 11 is 0. The molecule has 0 aliphatic heterocycles. The number of amides is 1. The van der Waals surface area contributed by atoms with Crippen molar-refractivity contribution < 1.29 is 19.1 Å². The first-order valence-corrected chi connectivity index (χ1v) is 21.9. The topological polar surface area (TPSA) is 79.8 Å². The summed E-state index contributed by atoms with van der Waals surface area (Å²) in [6, 6.07) is 25.0. The Kier molecular flexibility index (Phi) is 11.3. The van der Waals surface area contributed by atoms with Gasteiger partial charge in [0.15, 0.2) is 8.32 Å². The maximum absolute atomic E-state index is 13.3. The molecule has 0 radical (unpaired) electrons. The Morgan fingerprint density at radius 2 is 1.54 bits per heavy atom. The normalized spacial score (nSPS) is 24.2. The van der Waals surface area contributed by atoms with Crippen molar-refractivity contribution in [2.45, 2.75) is 128 Å². The number of carbonyl (C=O) groups is 1. The average Bonchev–Trinajstić information content (AvgIpc) is 3.04. The molecule has 1 amide bonds. The number of nitrogens with one attached hydrogen (secondary N) is 2. The molecule has 6 nitrogen and oxygen atoms in total. The molecule has 0 saturated heterocycles. The highest BCUT2D eigenvalue weighted by molar-refractivity contribution is 6.74. The second-order valence-electron chi connectivity index (χ2n) is 17.4. The van der Waals surface area contributed by atoms with Crippen LogP contribution in [-0.4, -0.2) is 37.5 Å². The second-order valence-corrected chi connectivity index (χ2v) is 22.2. The lowest BCUT2D eigenvalue weighted by Crippen LogP contribution is -2.60.